The number of hydrogen-bond acceptors (Lipinski definition) is 6. The molecule has 0 fully saturated rings. The van der Waals surface area contributed by atoms with Crippen LogP contribution in [0.1, 0.15) is 35.3 Å². The van der Waals surface area contributed by atoms with E-state index in [1.807, 2.05) is 19.9 Å². The van der Waals surface area contributed by atoms with E-state index in [4.69, 9.17) is 16.6 Å². The van der Waals surface area contributed by atoms with Crippen LogP contribution in [0.5, 0.6) is 0 Å². The van der Waals surface area contributed by atoms with Gasteiger partial charge in [-0.15, -0.1) is 0 Å². The Hall–Kier alpha value is -2.55. The van der Waals surface area contributed by atoms with Crippen molar-refractivity contribution in [2.75, 3.05) is 31.1 Å². The van der Waals surface area contributed by atoms with Gasteiger partial charge in [0.2, 0.25) is 0 Å². The molecule has 1 aromatic heterocycles. The first-order valence-electron chi connectivity index (χ1n) is 10.1. The van der Waals surface area contributed by atoms with Gasteiger partial charge in [-0.3, -0.25) is 19.8 Å². The number of carbonyl (C=O) groups is 1. The average Bonchev–Trinajstić information content (AvgIpc) is 3.14. The molecular weight excluding hydrogens is 436 g/mol. The quantitative estimate of drug-likeness (QED) is 0.329. The van der Waals surface area contributed by atoms with Gasteiger partial charge in [-0.05, 0) is 56.3 Å². The molecule has 0 spiro atoms. The summed E-state index contributed by atoms with van der Waals surface area (Å²) in [6, 6.07) is 8.13. The topological polar surface area (TPSA) is 79.6 Å². The first kappa shape index (κ1) is 23.1. The lowest BCUT2D eigenvalue weighted by Gasteiger charge is -2.24. The SMILES string of the molecule is CCN(CC)CCN(C(=O)c1cc(Cl)ccc1[N+](=O)[O-])c1nc2c(C)cc(C)cc2s1. The third-order valence-electron chi connectivity index (χ3n) is 5.21. The molecule has 1 amide bonds. The molecule has 3 rings (SSSR count). The minimum absolute atomic E-state index is 0.0378. The number of carbonyl (C=O) groups excluding carboxylic acids is 1. The molecule has 3 aromatic rings. The lowest BCUT2D eigenvalue weighted by molar-refractivity contribution is -0.385. The van der Waals surface area contributed by atoms with Crippen LogP contribution in [0.25, 0.3) is 10.2 Å². The van der Waals surface area contributed by atoms with Crippen molar-refractivity contribution in [3.8, 4) is 0 Å². The van der Waals surface area contributed by atoms with E-state index in [2.05, 4.69) is 24.8 Å². The van der Waals surface area contributed by atoms with Crippen LogP contribution in [0.2, 0.25) is 5.02 Å². The third-order valence-corrected chi connectivity index (χ3v) is 6.48. The first-order valence-corrected chi connectivity index (χ1v) is 11.3. The molecule has 9 heteroatoms. The zero-order valence-electron chi connectivity index (χ0n) is 18.0. The van der Waals surface area contributed by atoms with Crippen LogP contribution >= 0.6 is 22.9 Å². The number of nitrogens with zero attached hydrogens (tertiary/aromatic N) is 4. The maximum atomic E-state index is 13.6. The van der Waals surface area contributed by atoms with Crippen molar-refractivity contribution >= 4 is 49.9 Å². The van der Waals surface area contributed by atoms with E-state index in [1.54, 1.807) is 0 Å². The molecule has 164 valence electrons. The Kier molecular flexibility index (Phi) is 7.25. The van der Waals surface area contributed by atoms with Crippen LogP contribution in [0, 0.1) is 24.0 Å². The van der Waals surface area contributed by atoms with E-state index in [0.29, 0.717) is 18.2 Å². The predicted octanol–water partition coefficient (Wildman–Crippen LogP) is 5.46. The number of rotatable bonds is 8. The van der Waals surface area contributed by atoms with Gasteiger partial charge < -0.3 is 4.90 Å². The minimum Gasteiger partial charge on any atom is -0.302 e. The van der Waals surface area contributed by atoms with Crippen LogP contribution < -0.4 is 4.90 Å². The lowest BCUT2D eigenvalue weighted by atomic mass is 10.1. The Morgan fingerprint density at radius 1 is 1.16 bits per heavy atom. The molecule has 2 aromatic carbocycles. The van der Waals surface area contributed by atoms with Crippen molar-refractivity contribution in [2.45, 2.75) is 27.7 Å². The fourth-order valence-corrected chi connectivity index (χ4v) is 4.86. The molecule has 0 saturated carbocycles. The van der Waals surface area contributed by atoms with Gasteiger partial charge in [-0.2, -0.15) is 0 Å². The van der Waals surface area contributed by atoms with Crippen molar-refractivity contribution < 1.29 is 9.72 Å². The summed E-state index contributed by atoms with van der Waals surface area (Å²) in [6.07, 6.45) is 0. The summed E-state index contributed by atoms with van der Waals surface area (Å²) in [6.45, 7) is 10.8. The van der Waals surface area contributed by atoms with E-state index in [1.165, 1.54) is 34.4 Å². The zero-order chi connectivity index (χ0) is 22.7. The van der Waals surface area contributed by atoms with Crippen LogP contribution in [0.3, 0.4) is 0 Å². The second-order valence-corrected chi connectivity index (χ2v) is 8.77. The lowest BCUT2D eigenvalue weighted by Crippen LogP contribution is -2.39. The molecule has 0 bridgehead atoms. The average molecular weight is 461 g/mol. The predicted molar refractivity (Wildman–Crippen MR) is 127 cm³/mol. The fourth-order valence-electron chi connectivity index (χ4n) is 3.52. The van der Waals surface area contributed by atoms with Crippen molar-refractivity contribution in [3.63, 3.8) is 0 Å². The van der Waals surface area contributed by atoms with E-state index >= 15 is 0 Å². The van der Waals surface area contributed by atoms with Gasteiger partial charge in [0.05, 0.1) is 15.1 Å². The molecule has 7 nitrogen and oxygen atoms in total. The number of hydrogen-bond donors (Lipinski definition) is 0. The Morgan fingerprint density at radius 3 is 2.52 bits per heavy atom. The Bertz CT molecular complexity index is 1130. The van der Waals surface area contributed by atoms with Crippen molar-refractivity contribution in [1.82, 2.24) is 9.88 Å². The molecule has 0 N–H and O–H groups in total. The minimum atomic E-state index is -0.558. The van der Waals surface area contributed by atoms with E-state index in [0.717, 1.165) is 34.4 Å². The summed E-state index contributed by atoms with van der Waals surface area (Å²) >= 11 is 7.49. The van der Waals surface area contributed by atoms with Gasteiger partial charge in [0.15, 0.2) is 5.13 Å². The van der Waals surface area contributed by atoms with Crippen molar-refractivity contribution in [2.24, 2.45) is 0 Å². The largest absolute Gasteiger partial charge is 0.302 e. The number of aromatic nitrogens is 1. The molecule has 0 radical (unpaired) electrons. The maximum Gasteiger partial charge on any atom is 0.282 e. The molecule has 0 unspecified atom stereocenters. The summed E-state index contributed by atoms with van der Waals surface area (Å²) in [7, 11) is 0. The molecule has 0 aliphatic carbocycles. The number of halogens is 1. The van der Waals surface area contributed by atoms with Crippen LogP contribution in [-0.2, 0) is 0 Å². The van der Waals surface area contributed by atoms with E-state index in [-0.39, 0.29) is 16.3 Å². The van der Waals surface area contributed by atoms with Crippen LogP contribution in [0.15, 0.2) is 30.3 Å². The molecular formula is C22H25ClN4O3S. The van der Waals surface area contributed by atoms with Gasteiger partial charge in [-0.1, -0.05) is 42.9 Å². The van der Waals surface area contributed by atoms with Crippen LogP contribution in [0.4, 0.5) is 10.8 Å². The highest BCUT2D eigenvalue weighted by molar-refractivity contribution is 7.22. The number of anilines is 1. The van der Waals surface area contributed by atoms with Crippen LogP contribution in [-0.4, -0.2) is 46.9 Å². The number of amides is 1. The molecule has 0 atom stereocenters. The molecule has 0 saturated heterocycles. The van der Waals surface area contributed by atoms with Gasteiger partial charge >= 0.3 is 0 Å². The smallest absolute Gasteiger partial charge is 0.282 e. The van der Waals surface area contributed by atoms with Gasteiger partial charge in [0.25, 0.3) is 11.6 Å². The Morgan fingerprint density at radius 2 is 1.87 bits per heavy atom. The van der Waals surface area contributed by atoms with E-state index < -0.39 is 10.8 Å². The number of nitro benzene ring substituents is 1. The summed E-state index contributed by atoms with van der Waals surface area (Å²) < 4.78 is 0.980. The summed E-state index contributed by atoms with van der Waals surface area (Å²) in [4.78, 5) is 33.0. The first-order chi connectivity index (χ1) is 14.7. The zero-order valence-corrected chi connectivity index (χ0v) is 19.6. The van der Waals surface area contributed by atoms with Gasteiger partial charge in [0, 0.05) is 24.2 Å². The summed E-state index contributed by atoms with van der Waals surface area (Å²) in [5, 5.41) is 12.3. The number of likely N-dealkylation sites (N-methyl/N-ethyl adjacent to an activating group) is 1. The normalized spacial score (nSPS) is 11.3. The molecule has 1 heterocycles. The summed E-state index contributed by atoms with van der Waals surface area (Å²) in [5.74, 6) is -0.477. The summed E-state index contributed by atoms with van der Waals surface area (Å²) in [5.41, 5.74) is 2.68. The molecule has 31 heavy (non-hydrogen) atoms. The number of thiazole rings is 1. The van der Waals surface area contributed by atoms with Crippen molar-refractivity contribution in [1.29, 1.82) is 0 Å². The standard InChI is InChI=1S/C22H25ClN4O3S/c1-5-25(6-2)9-10-26(21(28)17-13-16(23)7-8-18(17)27(29)30)22-24-20-15(4)11-14(3)12-19(20)31-22/h7-8,11-13H,5-6,9-10H2,1-4H3. The number of fused-ring (bicyclic) bond motifs is 1. The van der Waals surface area contributed by atoms with Gasteiger partial charge in [0.1, 0.15) is 5.56 Å². The monoisotopic (exact) mass is 460 g/mol. The Labute approximate surface area is 190 Å². The number of benzene rings is 2. The fraction of sp³-hybridized carbons (Fsp3) is 0.364. The number of nitro groups is 1. The second-order valence-electron chi connectivity index (χ2n) is 7.33. The highest BCUT2D eigenvalue weighted by Gasteiger charge is 2.28. The molecule has 0 aliphatic heterocycles. The number of aryl methyl sites for hydroxylation is 2. The highest BCUT2D eigenvalue weighted by Crippen LogP contribution is 2.33. The Balaban J connectivity index is 2.09. The highest BCUT2D eigenvalue weighted by atomic mass is 35.5. The van der Waals surface area contributed by atoms with E-state index in [9.17, 15) is 14.9 Å². The van der Waals surface area contributed by atoms with Crippen molar-refractivity contribution in [3.05, 3.63) is 62.2 Å². The van der Waals surface area contributed by atoms with Gasteiger partial charge in [-0.25, -0.2) is 4.98 Å². The maximum absolute atomic E-state index is 13.6. The second kappa shape index (κ2) is 9.72. The third kappa shape index (κ3) is 5.03. The molecule has 0 aliphatic rings.